The second kappa shape index (κ2) is 7.18. The number of anilines is 1. The normalized spacial score (nSPS) is 10.4. The van der Waals surface area contributed by atoms with E-state index in [1.807, 2.05) is 32.0 Å². The van der Waals surface area contributed by atoms with E-state index in [4.69, 9.17) is 26.8 Å². The summed E-state index contributed by atoms with van der Waals surface area (Å²) >= 11 is 6.09. The summed E-state index contributed by atoms with van der Waals surface area (Å²) in [5.41, 5.74) is 7.36. The number of aromatic nitrogens is 1. The van der Waals surface area contributed by atoms with Crippen molar-refractivity contribution in [1.82, 2.24) is 4.98 Å². The van der Waals surface area contributed by atoms with Gasteiger partial charge in [0.25, 0.3) is 0 Å². The zero-order valence-electron chi connectivity index (χ0n) is 12.2. The number of aryl methyl sites for hydroxylation is 1. The molecule has 0 saturated heterocycles. The Morgan fingerprint density at radius 3 is 2.71 bits per heavy atom. The highest BCUT2D eigenvalue weighted by Gasteiger charge is 2.07. The second-order valence-corrected chi connectivity index (χ2v) is 5.01. The zero-order chi connectivity index (χ0) is 15.2. The molecule has 4 nitrogen and oxygen atoms in total. The highest BCUT2D eigenvalue weighted by Crippen LogP contribution is 2.28. The molecule has 0 radical (unpaired) electrons. The van der Waals surface area contributed by atoms with E-state index in [1.54, 1.807) is 12.1 Å². The summed E-state index contributed by atoms with van der Waals surface area (Å²) in [5, 5.41) is 0.738. The summed E-state index contributed by atoms with van der Waals surface area (Å²) in [7, 11) is 0. The molecule has 2 aromatic rings. The molecular formula is C16H19ClN2O2. The number of benzene rings is 1. The van der Waals surface area contributed by atoms with E-state index in [0.717, 1.165) is 23.4 Å². The fourth-order valence-electron chi connectivity index (χ4n) is 1.81. The molecule has 1 aromatic heterocycles. The van der Waals surface area contributed by atoms with Crippen molar-refractivity contribution >= 4 is 17.3 Å². The van der Waals surface area contributed by atoms with E-state index in [1.165, 1.54) is 0 Å². The van der Waals surface area contributed by atoms with E-state index in [9.17, 15) is 0 Å². The molecule has 1 heterocycles. The number of nitrogens with two attached hydrogens (primary N) is 1. The third kappa shape index (κ3) is 4.02. The number of rotatable bonds is 6. The fourth-order valence-corrected chi connectivity index (χ4v) is 2.06. The van der Waals surface area contributed by atoms with Gasteiger partial charge >= 0.3 is 0 Å². The van der Waals surface area contributed by atoms with E-state index < -0.39 is 0 Å². The molecule has 0 aliphatic carbocycles. The van der Waals surface area contributed by atoms with Crippen molar-refractivity contribution in [3.8, 4) is 17.5 Å². The molecule has 0 saturated carbocycles. The molecule has 2 N–H and O–H groups in total. The summed E-state index contributed by atoms with van der Waals surface area (Å²) in [6.07, 6.45) is 1.74. The Morgan fingerprint density at radius 2 is 2.00 bits per heavy atom. The predicted molar refractivity (Wildman–Crippen MR) is 85.3 cm³/mol. The first-order chi connectivity index (χ1) is 10.1. The summed E-state index contributed by atoms with van der Waals surface area (Å²) < 4.78 is 11.2. The maximum Gasteiger partial charge on any atom is 0.240 e. The molecule has 0 fully saturated rings. The zero-order valence-corrected chi connectivity index (χ0v) is 13.0. The Kier molecular flexibility index (Phi) is 5.28. The molecule has 0 spiro atoms. The standard InChI is InChI=1S/C16H19ClN2O2/c1-3-9-20-16-14(18)7-8-15(19-16)21-12-5-6-13(17)11(4-2)10-12/h5-8,10H,3-4,9,18H2,1-2H3. The monoisotopic (exact) mass is 306 g/mol. The van der Waals surface area contributed by atoms with E-state index in [0.29, 0.717) is 29.8 Å². The van der Waals surface area contributed by atoms with Crippen molar-refractivity contribution in [3.63, 3.8) is 0 Å². The summed E-state index contributed by atoms with van der Waals surface area (Å²) in [6.45, 7) is 4.64. The van der Waals surface area contributed by atoms with Crippen LogP contribution in [0.25, 0.3) is 0 Å². The lowest BCUT2D eigenvalue weighted by Crippen LogP contribution is -2.02. The number of nitrogens with zero attached hydrogens (tertiary/aromatic N) is 1. The Hall–Kier alpha value is -1.94. The summed E-state index contributed by atoms with van der Waals surface area (Å²) in [6, 6.07) is 8.99. The van der Waals surface area contributed by atoms with Gasteiger partial charge in [-0.3, -0.25) is 0 Å². The van der Waals surface area contributed by atoms with Gasteiger partial charge in [0.1, 0.15) is 5.75 Å². The van der Waals surface area contributed by atoms with Crippen LogP contribution in [-0.4, -0.2) is 11.6 Å². The minimum atomic E-state index is 0.402. The van der Waals surface area contributed by atoms with Crippen molar-refractivity contribution in [1.29, 1.82) is 0 Å². The predicted octanol–water partition coefficient (Wildman–Crippen LogP) is 4.46. The number of nitrogen functional groups attached to an aromatic ring is 1. The highest BCUT2D eigenvalue weighted by atomic mass is 35.5. The lowest BCUT2D eigenvalue weighted by Gasteiger charge is -2.10. The summed E-state index contributed by atoms with van der Waals surface area (Å²) in [5.74, 6) is 1.54. The van der Waals surface area contributed by atoms with Crippen LogP contribution in [0.15, 0.2) is 30.3 Å². The number of hydrogen-bond donors (Lipinski definition) is 1. The minimum Gasteiger partial charge on any atom is -0.476 e. The van der Waals surface area contributed by atoms with Crippen LogP contribution in [0.4, 0.5) is 5.69 Å². The topological polar surface area (TPSA) is 57.4 Å². The first kappa shape index (κ1) is 15.4. The summed E-state index contributed by atoms with van der Waals surface area (Å²) in [4.78, 5) is 4.28. The molecule has 0 bridgehead atoms. The van der Waals surface area contributed by atoms with Gasteiger partial charge in [-0.25, -0.2) is 0 Å². The van der Waals surface area contributed by atoms with Crippen LogP contribution in [0.3, 0.4) is 0 Å². The number of hydrogen-bond acceptors (Lipinski definition) is 4. The SMILES string of the molecule is CCCOc1nc(Oc2ccc(Cl)c(CC)c2)ccc1N. The molecule has 0 amide bonds. The van der Waals surface area contributed by atoms with Crippen LogP contribution >= 0.6 is 11.6 Å². The van der Waals surface area contributed by atoms with Gasteiger partial charge in [0.2, 0.25) is 11.8 Å². The van der Waals surface area contributed by atoms with Crippen molar-refractivity contribution in [2.24, 2.45) is 0 Å². The van der Waals surface area contributed by atoms with Gasteiger partial charge in [-0.15, -0.1) is 0 Å². The first-order valence-electron chi connectivity index (χ1n) is 6.99. The number of halogens is 1. The molecule has 5 heteroatoms. The lowest BCUT2D eigenvalue weighted by molar-refractivity contribution is 0.302. The van der Waals surface area contributed by atoms with E-state index >= 15 is 0 Å². The van der Waals surface area contributed by atoms with Crippen molar-refractivity contribution in [2.75, 3.05) is 12.3 Å². The van der Waals surface area contributed by atoms with E-state index in [2.05, 4.69) is 4.98 Å². The van der Waals surface area contributed by atoms with Crippen LogP contribution in [0.1, 0.15) is 25.8 Å². The van der Waals surface area contributed by atoms with Crippen molar-refractivity contribution in [3.05, 3.63) is 40.9 Å². The first-order valence-corrected chi connectivity index (χ1v) is 7.37. The Morgan fingerprint density at radius 1 is 1.19 bits per heavy atom. The molecular weight excluding hydrogens is 288 g/mol. The van der Waals surface area contributed by atoms with E-state index in [-0.39, 0.29) is 0 Å². The Labute approximate surface area is 129 Å². The van der Waals surface area contributed by atoms with Crippen LogP contribution in [-0.2, 0) is 6.42 Å². The molecule has 0 aliphatic rings. The second-order valence-electron chi connectivity index (χ2n) is 4.60. The Bertz CT molecular complexity index is 617. The van der Waals surface area contributed by atoms with Crippen molar-refractivity contribution < 1.29 is 9.47 Å². The molecule has 2 rings (SSSR count). The van der Waals surface area contributed by atoms with Gasteiger partial charge in [0.15, 0.2) is 0 Å². The molecule has 112 valence electrons. The molecule has 0 unspecified atom stereocenters. The smallest absolute Gasteiger partial charge is 0.240 e. The average Bonchev–Trinajstić information content (AvgIpc) is 2.49. The van der Waals surface area contributed by atoms with Crippen LogP contribution in [0.2, 0.25) is 5.02 Å². The van der Waals surface area contributed by atoms with Crippen LogP contribution in [0, 0.1) is 0 Å². The third-order valence-electron chi connectivity index (χ3n) is 2.93. The number of pyridine rings is 1. The van der Waals surface area contributed by atoms with Gasteiger partial charge in [-0.05, 0) is 42.7 Å². The van der Waals surface area contributed by atoms with Gasteiger partial charge in [0, 0.05) is 11.1 Å². The highest BCUT2D eigenvalue weighted by molar-refractivity contribution is 6.31. The van der Waals surface area contributed by atoms with Gasteiger partial charge in [-0.2, -0.15) is 4.98 Å². The maximum absolute atomic E-state index is 6.09. The third-order valence-corrected chi connectivity index (χ3v) is 3.30. The Balaban J connectivity index is 2.19. The maximum atomic E-state index is 6.09. The fraction of sp³-hybridized carbons (Fsp3) is 0.312. The minimum absolute atomic E-state index is 0.402. The van der Waals surface area contributed by atoms with Gasteiger partial charge < -0.3 is 15.2 Å². The van der Waals surface area contributed by atoms with Gasteiger partial charge in [-0.1, -0.05) is 25.4 Å². The molecule has 1 aromatic carbocycles. The van der Waals surface area contributed by atoms with Crippen LogP contribution < -0.4 is 15.2 Å². The largest absolute Gasteiger partial charge is 0.476 e. The molecule has 0 atom stereocenters. The molecule has 21 heavy (non-hydrogen) atoms. The van der Waals surface area contributed by atoms with Gasteiger partial charge in [0.05, 0.1) is 12.3 Å². The lowest BCUT2D eigenvalue weighted by atomic mass is 10.1. The van der Waals surface area contributed by atoms with Crippen molar-refractivity contribution in [2.45, 2.75) is 26.7 Å². The van der Waals surface area contributed by atoms with Crippen LogP contribution in [0.5, 0.6) is 17.5 Å². The number of ether oxygens (including phenoxy) is 2. The quantitative estimate of drug-likeness (QED) is 0.856. The average molecular weight is 307 g/mol. The molecule has 0 aliphatic heterocycles.